The molecule has 1 aromatic carbocycles. The summed E-state index contributed by atoms with van der Waals surface area (Å²) in [6.45, 7) is 10.7. The van der Waals surface area contributed by atoms with Crippen LogP contribution in [-0.4, -0.2) is 73.2 Å². The van der Waals surface area contributed by atoms with Crippen LogP contribution >= 0.6 is 0 Å². The summed E-state index contributed by atoms with van der Waals surface area (Å²) >= 11 is 0. The van der Waals surface area contributed by atoms with Crippen molar-refractivity contribution in [3.63, 3.8) is 0 Å². The molecule has 4 heterocycles. The maximum absolute atomic E-state index is 15.3. The van der Waals surface area contributed by atoms with Crippen molar-refractivity contribution < 1.29 is 28.2 Å². The van der Waals surface area contributed by atoms with Crippen LogP contribution in [0.5, 0.6) is 5.88 Å². The number of likely N-dealkylation sites (tertiary alicyclic amines) is 1. The molecule has 0 radical (unpaired) electrons. The maximum Gasteiger partial charge on any atom is 0.416 e. The predicted octanol–water partition coefficient (Wildman–Crippen LogP) is 6.95. The summed E-state index contributed by atoms with van der Waals surface area (Å²) in [5, 5.41) is 4.63. The fourth-order valence-electron chi connectivity index (χ4n) is 5.41. The molecule has 47 heavy (non-hydrogen) atoms. The Morgan fingerprint density at radius 3 is 2.34 bits per heavy atom. The molecule has 1 aliphatic heterocycles. The van der Waals surface area contributed by atoms with E-state index >= 15 is 4.39 Å². The van der Waals surface area contributed by atoms with Crippen LogP contribution in [0.25, 0.3) is 16.9 Å². The molecule has 4 aromatic rings. The van der Waals surface area contributed by atoms with Gasteiger partial charge in [-0.15, -0.1) is 0 Å². The highest BCUT2D eigenvalue weighted by Gasteiger charge is 2.40. The second kappa shape index (κ2) is 12.5. The first-order valence-electron chi connectivity index (χ1n) is 15.9. The third-order valence-electron chi connectivity index (χ3n) is 7.74. The Morgan fingerprint density at radius 1 is 0.979 bits per heavy atom. The van der Waals surface area contributed by atoms with Crippen molar-refractivity contribution in [2.75, 3.05) is 18.0 Å². The van der Waals surface area contributed by atoms with E-state index in [1.165, 1.54) is 9.80 Å². The number of rotatable bonds is 7. The van der Waals surface area contributed by atoms with Crippen LogP contribution < -0.4 is 9.64 Å². The molecule has 0 N–H and O–H groups in total. The van der Waals surface area contributed by atoms with E-state index in [4.69, 9.17) is 19.2 Å². The summed E-state index contributed by atoms with van der Waals surface area (Å²) in [6, 6.07) is 15.1. The molecule has 3 aromatic heterocycles. The molecule has 1 saturated carbocycles. The van der Waals surface area contributed by atoms with Gasteiger partial charge in [0, 0.05) is 23.4 Å². The topological polar surface area (TPSA) is 111 Å². The van der Waals surface area contributed by atoms with Gasteiger partial charge in [0.1, 0.15) is 17.0 Å². The number of nitrogens with zero attached hydrogens (tertiary/aromatic N) is 6. The summed E-state index contributed by atoms with van der Waals surface area (Å²) < 4.78 is 34.4. The number of pyridine rings is 1. The smallest absolute Gasteiger partial charge is 0.416 e. The molecule has 12 heteroatoms. The van der Waals surface area contributed by atoms with Crippen molar-refractivity contribution in [1.82, 2.24) is 24.5 Å². The van der Waals surface area contributed by atoms with Crippen molar-refractivity contribution in [2.45, 2.75) is 90.3 Å². The average molecular weight is 645 g/mol. The van der Waals surface area contributed by atoms with Crippen LogP contribution in [0.4, 0.5) is 19.8 Å². The third kappa shape index (κ3) is 7.64. The van der Waals surface area contributed by atoms with E-state index in [1.807, 2.05) is 42.5 Å². The maximum atomic E-state index is 15.3. The number of hydrogen-bond acceptors (Lipinski definition) is 8. The van der Waals surface area contributed by atoms with E-state index < -0.39 is 35.7 Å². The van der Waals surface area contributed by atoms with E-state index in [9.17, 15) is 9.59 Å². The Bertz CT molecular complexity index is 1740. The Labute approximate surface area is 273 Å². The van der Waals surface area contributed by atoms with Gasteiger partial charge in [-0.25, -0.2) is 14.0 Å². The summed E-state index contributed by atoms with van der Waals surface area (Å²) in [5.74, 6) is 0.769. The predicted molar refractivity (Wildman–Crippen MR) is 174 cm³/mol. The molecule has 248 valence electrons. The number of benzene rings is 1. The molecular formula is C35H41FN6O5. The zero-order chi connectivity index (χ0) is 33.5. The van der Waals surface area contributed by atoms with Gasteiger partial charge in [0.15, 0.2) is 17.9 Å². The lowest BCUT2D eigenvalue weighted by atomic mass is 10.1. The summed E-state index contributed by atoms with van der Waals surface area (Å²) in [7, 11) is 0. The van der Waals surface area contributed by atoms with Crippen LogP contribution in [0.3, 0.4) is 0 Å². The zero-order valence-electron chi connectivity index (χ0n) is 27.6. The SMILES string of the molecule is CC(C)(C)OC(=O)N1C[C@H](Oc2cc(N(Cc3ccc(-c4ccccn4)cc3)C(=O)OC(C)(C)C)n3ncc(C4CC4)c3n2)[C@@H](F)C1. The first kappa shape index (κ1) is 32.2. The molecule has 2 atom stereocenters. The van der Waals surface area contributed by atoms with Crippen LogP contribution in [0.1, 0.15) is 71.4 Å². The van der Waals surface area contributed by atoms with Crippen LogP contribution in [0.2, 0.25) is 0 Å². The standard InChI is InChI=1S/C35H41FN6O5/c1-34(2,3)46-32(43)40-20-26(36)28(21-40)45-29-17-30(42-31(39-29)25(18-38-42)23-14-15-23)41(33(44)47-35(4,5)6)19-22-10-12-24(13-11-22)27-9-7-8-16-37-27/h7-13,16-18,23,26,28H,14-15,19-21H2,1-6H3/t26-,28-/m0/s1. The number of aromatic nitrogens is 4. The van der Waals surface area contributed by atoms with Gasteiger partial charge in [0.2, 0.25) is 5.88 Å². The monoisotopic (exact) mass is 644 g/mol. The van der Waals surface area contributed by atoms with Crippen LogP contribution in [0.15, 0.2) is 60.9 Å². The highest BCUT2D eigenvalue weighted by Crippen LogP contribution is 2.42. The van der Waals surface area contributed by atoms with Gasteiger partial charge in [-0.1, -0.05) is 30.3 Å². The van der Waals surface area contributed by atoms with Gasteiger partial charge in [-0.2, -0.15) is 14.6 Å². The largest absolute Gasteiger partial charge is 0.469 e. The number of amides is 2. The Hall–Kier alpha value is -4.74. The van der Waals surface area contributed by atoms with E-state index in [0.717, 1.165) is 35.2 Å². The van der Waals surface area contributed by atoms with E-state index in [-0.39, 0.29) is 25.5 Å². The second-order valence-electron chi connectivity index (χ2n) is 14.1. The number of anilines is 1. The zero-order valence-corrected chi connectivity index (χ0v) is 27.6. The van der Waals surface area contributed by atoms with Gasteiger partial charge >= 0.3 is 12.2 Å². The second-order valence-corrected chi connectivity index (χ2v) is 14.1. The molecule has 1 saturated heterocycles. The minimum absolute atomic E-state index is 0.00851. The molecule has 0 bridgehead atoms. The first-order chi connectivity index (χ1) is 22.2. The van der Waals surface area contributed by atoms with Gasteiger partial charge in [0.25, 0.3) is 0 Å². The molecule has 0 spiro atoms. The molecule has 0 unspecified atom stereocenters. The fourth-order valence-corrected chi connectivity index (χ4v) is 5.41. The van der Waals surface area contributed by atoms with Gasteiger partial charge < -0.3 is 19.1 Å². The molecule has 2 amide bonds. The summed E-state index contributed by atoms with van der Waals surface area (Å²) in [6.07, 6.45) is 1.88. The van der Waals surface area contributed by atoms with Crippen molar-refractivity contribution >= 4 is 23.7 Å². The van der Waals surface area contributed by atoms with E-state index in [1.54, 1.807) is 64.5 Å². The van der Waals surface area contributed by atoms with E-state index in [2.05, 4.69) is 10.1 Å². The highest BCUT2D eigenvalue weighted by molar-refractivity contribution is 5.87. The van der Waals surface area contributed by atoms with Crippen LogP contribution in [0, 0.1) is 0 Å². The lowest BCUT2D eigenvalue weighted by molar-refractivity contribution is 0.0272. The van der Waals surface area contributed by atoms with Crippen molar-refractivity contribution in [3.8, 4) is 17.1 Å². The number of carbonyl (C=O) groups excluding carboxylic acids is 2. The minimum Gasteiger partial charge on any atom is -0.469 e. The lowest BCUT2D eigenvalue weighted by Gasteiger charge is -2.28. The Balaban J connectivity index is 1.34. The number of hydrogen-bond donors (Lipinski definition) is 0. The molecule has 6 rings (SSSR count). The number of ether oxygens (including phenoxy) is 3. The molecular weight excluding hydrogens is 603 g/mol. The molecule has 2 fully saturated rings. The summed E-state index contributed by atoms with van der Waals surface area (Å²) in [4.78, 5) is 38.5. The van der Waals surface area contributed by atoms with E-state index in [0.29, 0.717) is 17.4 Å². The lowest BCUT2D eigenvalue weighted by Crippen LogP contribution is -2.38. The summed E-state index contributed by atoms with van der Waals surface area (Å²) in [5.41, 5.74) is 2.59. The fraction of sp³-hybridized carbons (Fsp3) is 0.457. The van der Waals surface area contributed by atoms with Crippen molar-refractivity contribution in [2.24, 2.45) is 0 Å². The minimum atomic E-state index is -1.46. The first-order valence-corrected chi connectivity index (χ1v) is 15.9. The average Bonchev–Trinajstić information content (AvgIpc) is 3.65. The Kier molecular flexibility index (Phi) is 8.54. The molecule has 1 aliphatic carbocycles. The molecule has 11 nitrogen and oxygen atoms in total. The number of halogens is 1. The van der Waals surface area contributed by atoms with Gasteiger partial charge in [0.05, 0.1) is 31.5 Å². The van der Waals surface area contributed by atoms with Gasteiger partial charge in [-0.05, 0) is 78.0 Å². The normalized spacial score (nSPS) is 18.3. The quantitative estimate of drug-likeness (QED) is 0.213. The molecule has 2 aliphatic rings. The third-order valence-corrected chi connectivity index (χ3v) is 7.74. The Morgan fingerprint density at radius 2 is 1.70 bits per heavy atom. The number of carbonyl (C=O) groups is 2. The van der Waals surface area contributed by atoms with Gasteiger partial charge in [-0.3, -0.25) is 9.88 Å². The highest BCUT2D eigenvalue weighted by atomic mass is 19.1. The number of fused-ring (bicyclic) bond motifs is 1. The van der Waals surface area contributed by atoms with Crippen molar-refractivity contribution in [3.05, 3.63) is 72.1 Å². The van der Waals surface area contributed by atoms with Crippen molar-refractivity contribution in [1.29, 1.82) is 0 Å². The number of alkyl halides is 1. The van der Waals surface area contributed by atoms with Crippen LogP contribution in [-0.2, 0) is 16.0 Å².